The maximum Gasteiger partial charge on any atom is 0.160 e. The molecule has 10 rings (SSSR count). The van der Waals surface area contributed by atoms with Crippen LogP contribution in [0.15, 0.2) is 194 Å². The van der Waals surface area contributed by atoms with E-state index < -0.39 is 0 Å². The van der Waals surface area contributed by atoms with Crippen LogP contribution in [0.5, 0.6) is 0 Å². The summed E-state index contributed by atoms with van der Waals surface area (Å²) < 4.78 is 0. The molecule has 300 valence electrons. The number of rotatable bonds is 6. The second kappa shape index (κ2) is 15.4. The molecule has 0 radical (unpaired) electrons. The molecular weight excluding hydrogens is 749 g/mol. The molecule has 62 heavy (non-hydrogen) atoms. The minimum absolute atomic E-state index is 0.0272. The normalized spacial score (nSPS) is 12.0. The molecule has 2 nitrogen and oxygen atoms in total. The van der Waals surface area contributed by atoms with E-state index in [9.17, 15) is 0 Å². The Morgan fingerprint density at radius 3 is 1.26 bits per heavy atom. The van der Waals surface area contributed by atoms with Gasteiger partial charge in [0.15, 0.2) is 5.82 Å². The van der Waals surface area contributed by atoms with E-state index >= 15 is 0 Å². The molecule has 1 heterocycles. The fraction of sp³-hybridized carbons (Fsp3) is 0.133. The molecule has 9 aromatic carbocycles. The zero-order chi connectivity index (χ0) is 42.6. The number of nitrogens with zero attached hydrogens (tertiary/aromatic N) is 2. The van der Waals surface area contributed by atoms with E-state index in [1.807, 2.05) is 0 Å². The second-order valence-corrected chi connectivity index (χ2v) is 18.6. The molecule has 0 aliphatic heterocycles. The fourth-order valence-corrected chi connectivity index (χ4v) is 9.13. The predicted octanol–water partition coefficient (Wildman–Crippen LogP) is 16.5. The van der Waals surface area contributed by atoms with Crippen molar-refractivity contribution in [2.75, 3.05) is 0 Å². The Morgan fingerprint density at radius 1 is 0.306 bits per heavy atom. The van der Waals surface area contributed by atoms with Crippen LogP contribution in [0.4, 0.5) is 0 Å². The maximum absolute atomic E-state index is 5.56. The summed E-state index contributed by atoms with van der Waals surface area (Å²) in [6, 6.07) is 70.6. The molecule has 1 aromatic heterocycles. The first kappa shape index (κ1) is 39.0. The van der Waals surface area contributed by atoms with E-state index in [0.29, 0.717) is 5.82 Å². The van der Waals surface area contributed by atoms with Crippen LogP contribution in [-0.4, -0.2) is 9.97 Å². The minimum Gasteiger partial charge on any atom is -0.227 e. The molecule has 10 aromatic rings. The lowest BCUT2D eigenvalue weighted by Crippen LogP contribution is -2.10. The summed E-state index contributed by atoms with van der Waals surface area (Å²) in [5.74, 6) is 0.692. The Morgan fingerprint density at radius 2 is 0.726 bits per heavy atom. The van der Waals surface area contributed by atoms with Crippen LogP contribution in [0, 0.1) is 0 Å². The van der Waals surface area contributed by atoms with E-state index in [2.05, 4.69) is 236 Å². The molecule has 0 N–H and O–H groups in total. The van der Waals surface area contributed by atoms with Crippen LogP contribution in [0.25, 0.3) is 99.6 Å². The Balaban J connectivity index is 1.22. The second-order valence-electron chi connectivity index (χ2n) is 18.6. The van der Waals surface area contributed by atoms with Crippen molar-refractivity contribution >= 4 is 32.3 Å². The van der Waals surface area contributed by atoms with Gasteiger partial charge in [-0.1, -0.05) is 230 Å². The average molecular weight is 799 g/mol. The van der Waals surface area contributed by atoms with Crippen LogP contribution in [-0.2, 0) is 10.8 Å². The third kappa shape index (κ3) is 7.06. The predicted molar refractivity (Wildman–Crippen MR) is 265 cm³/mol. The Bertz CT molecular complexity index is 3130. The molecule has 0 aliphatic carbocycles. The van der Waals surface area contributed by atoms with Gasteiger partial charge in [0.25, 0.3) is 0 Å². The van der Waals surface area contributed by atoms with Gasteiger partial charge in [0.1, 0.15) is 0 Å². The van der Waals surface area contributed by atoms with Crippen LogP contribution in [0.2, 0.25) is 0 Å². The molecule has 0 saturated heterocycles. The summed E-state index contributed by atoms with van der Waals surface area (Å²) >= 11 is 0. The van der Waals surface area contributed by atoms with Gasteiger partial charge in [-0.25, -0.2) is 9.97 Å². The van der Waals surface area contributed by atoms with Gasteiger partial charge in [0.2, 0.25) is 0 Å². The van der Waals surface area contributed by atoms with E-state index in [1.165, 1.54) is 60.1 Å². The third-order valence-electron chi connectivity index (χ3n) is 12.4. The first-order chi connectivity index (χ1) is 30.0. The topological polar surface area (TPSA) is 25.8 Å². The van der Waals surface area contributed by atoms with Gasteiger partial charge in [-0.3, -0.25) is 0 Å². The Kier molecular flexibility index (Phi) is 9.68. The monoisotopic (exact) mass is 798 g/mol. The van der Waals surface area contributed by atoms with Crippen LogP contribution < -0.4 is 0 Å². The minimum atomic E-state index is 0.0272. The van der Waals surface area contributed by atoms with Crippen molar-refractivity contribution in [3.05, 3.63) is 205 Å². The Hall–Kier alpha value is -7.16. The van der Waals surface area contributed by atoms with Crippen molar-refractivity contribution in [1.82, 2.24) is 9.97 Å². The number of benzene rings is 9. The quantitative estimate of drug-likeness (QED) is 0.157. The van der Waals surface area contributed by atoms with Gasteiger partial charge in [-0.05, 0) is 88.2 Å². The van der Waals surface area contributed by atoms with E-state index in [4.69, 9.17) is 9.97 Å². The van der Waals surface area contributed by atoms with Gasteiger partial charge in [0.05, 0.1) is 11.4 Å². The van der Waals surface area contributed by atoms with E-state index in [-0.39, 0.29) is 10.8 Å². The number of hydrogen-bond donors (Lipinski definition) is 0. The maximum atomic E-state index is 5.56. The number of fused-ring (bicyclic) bond motifs is 3. The third-order valence-corrected chi connectivity index (χ3v) is 12.4. The largest absolute Gasteiger partial charge is 0.227 e. The van der Waals surface area contributed by atoms with E-state index in [0.717, 1.165) is 44.8 Å². The molecule has 0 fully saturated rings. The van der Waals surface area contributed by atoms with Crippen LogP contribution in [0.3, 0.4) is 0 Å². The molecule has 0 amide bonds. The smallest absolute Gasteiger partial charge is 0.160 e. The van der Waals surface area contributed by atoms with Crippen LogP contribution >= 0.6 is 0 Å². The summed E-state index contributed by atoms with van der Waals surface area (Å²) in [5.41, 5.74) is 14.5. The highest BCUT2D eigenvalue weighted by Gasteiger charge is 2.24. The zero-order valence-electron chi connectivity index (χ0n) is 36.4. The standard InChI is InChI=1S/C60H50N2/c1-59(2,3)45-34-30-41(31-35-45)56-54(40-19-8-7-9-20-40)57(42-32-36-46(37-33-42)60(4,5)6)62-58(61-56)44-23-16-22-43(38-44)53-49-25-12-14-27-51(49)55(52-28-15-13-26-50(52)53)48-29-17-21-39-18-10-11-24-47(39)48/h7-38H,1-6H3. The summed E-state index contributed by atoms with van der Waals surface area (Å²) in [6.45, 7) is 13.6. The van der Waals surface area contributed by atoms with Crippen LogP contribution in [0.1, 0.15) is 52.7 Å². The van der Waals surface area contributed by atoms with E-state index in [1.54, 1.807) is 0 Å². The van der Waals surface area contributed by atoms with Crippen molar-refractivity contribution in [2.24, 2.45) is 0 Å². The highest BCUT2D eigenvalue weighted by molar-refractivity contribution is 6.23. The molecule has 0 unspecified atom stereocenters. The molecule has 0 saturated carbocycles. The first-order valence-electron chi connectivity index (χ1n) is 21.7. The summed E-state index contributed by atoms with van der Waals surface area (Å²) in [5, 5.41) is 7.38. The van der Waals surface area contributed by atoms with Crippen molar-refractivity contribution in [3.8, 4) is 67.3 Å². The first-order valence-corrected chi connectivity index (χ1v) is 21.7. The van der Waals surface area contributed by atoms with Gasteiger partial charge in [-0.2, -0.15) is 0 Å². The molecule has 0 aliphatic rings. The molecule has 0 atom stereocenters. The molecule has 2 heteroatoms. The van der Waals surface area contributed by atoms with Crippen molar-refractivity contribution < 1.29 is 0 Å². The molecule has 0 bridgehead atoms. The van der Waals surface area contributed by atoms with Gasteiger partial charge < -0.3 is 0 Å². The highest BCUT2D eigenvalue weighted by Crippen LogP contribution is 2.46. The lowest BCUT2D eigenvalue weighted by Gasteiger charge is -2.21. The number of hydrogen-bond acceptors (Lipinski definition) is 2. The number of aromatic nitrogens is 2. The SMILES string of the molecule is CC(C)(C)c1ccc(-c2nc(-c3cccc(-c4c5ccccc5c(-c5cccc6ccccc56)c5ccccc45)c3)nc(-c3ccc(C(C)(C)C)cc3)c2-c2ccccc2)cc1. The van der Waals surface area contributed by atoms with Crippen molar-refractivity contribution in [1.29, 1.82) is 0 Å². The van der Waals surface area contributed by atoms with Crippen molar-refractivity contribution in [3.63, 3.8) is 0 Å². The van der Waals surface area contributed by atoms with Gasteiger partial charge in [-0.15, -0.1) is 0 Å². The lowest BCUT2D eigenvalue weighted by atomic mass is 9.84. The average Bonchev–Trinajstić information content (AvgIpc) is 3.30. The molecular formula is C60H50N2. The zero-order valence-corrected chi connectivity index (χ0v) is 36.4. The highest BCUT2D eigenvalue weighted by atomic mass is 14.9. The van der Waals surface area contributed by atoms with Gasteiger partial charge >= 0.3 is 0 Å². The van der Waals surface area contributed by atoms with Crippen molar-refractivity contribution in [2.45, 2.75) is 52.4 Å². The summed E-state index contributed by atoms with van der Waals surface area (Å²) in [6.07, 6.45) is 0. The Labute approximate surface area is 365 Å². The fourth-order valence-electron chi connectivity index (χ4n) is 9.13. The lowest BCUT2D eigenvalue weighted by molar-refractivity contribution is 0.590. The summed E-state index contributed by atoms with van der Waals surface area (Å²) in [7, 11) is 0. The molecule has 0 spiro atoms. The summed E-state index contributed by atoms with van der Waals surface area (Å²) in [4.78, 5) is 11.1. The van der Waals surface area contributed by atoms with Gasteiger partial charge in [0, 0.05) is 22.3 Å².